The monoisotopic (exact) mass is 409 g/mol. The summed E-state index contributed by atoms with van der Waals surface area (Å²) in [4.78, 5) is 17.0. The molecule has 0 unspecified atom stereocenters. The number of nitrogens with one attached hydrogen (secondary N) is 1. The topological polar surface area (TPSA) is 53.4 Å². The first-order valence-corrected chi connectivity index (χ1v) is 10.1. The van der Waals surface area contributed by atoms with Gasteiger partial charge in [0.25, 0.3) is 0 Å². The van der Waals surface area contributed by atoms with E-state index in [9.17, 15) is 4.79 Å². The van der Waals surface area contributed by atoms with Crippen LogP contribution in [0.25, 0.3) is 0 Å². The highest BCUT2D eigenvalue weighted by molar-refractivity contribution is 6.30. The number of hydrogen-bond acceptors (Lipinski definition) is 4. The van der Waals surface area contributed by atoms with E-state index in [1.807, 2.05) is 65.3 Å². The Kier molecular flexibility index (Phi) is 6.12. The fourth-order valence-electron chi connectivity index (χ4n) is 3.52. The summed E-state index contributed by atoms with van der Waals surface area (Å²) in [6.45, 7) is 4.48. The van der Waals surface area contributed by atoms with Crippen LogP contribution < -0.4 is 10.2 Å². The van der Waals surface area contributed by atoms with Gasteiger partial charge in [-0.25, -0.2) is 4.68 Å². The van der Waals surface area contributed by atoms with E-state index in [1.165, 1.54) is 5.69 Å². The Morgan fingerprint density at radius 2 is 1.69 bits per heavy atom. The lowest BCUT2D eigenvalue weighted by Gasteiger charge is -2.35. The van der Waals surface area contributed by atoms with Crippen LogP contribution in [0.5, 0.6) is 0 Å². The lowest BCUT2D eigenvalue weighted by molar-refractivity contribution is -0.117. The van der Waals surface area contributed by atoms with Crippen LogP contribution in [0.15, 0.2) is 66.9 Å². The molecule has 0 saturated carbocycles. The smallest absolute Gasteiger partial charge is 0.239 e. The Morgan fingerprint density at radius 1 is 0.966 bits per heavy atom. The standard InChI is InChI=1S/C22H24ClN5O/c23-19-6-8-20(9-7-19)27-14-12-26(13-15-27)17-22(29)25-21-10-11-24-28(21)16-18-4-2-1-3-5-18/h1-11H,12-17H2,(H,25,29). The molecule has 2 heterocycles. The van der Waals surface area contributed by atoms with Crippen LogP contribution in [0, 0.1) is 0 Å². The summed E-state index contributed by atoms with van der Waals surface area (Å²) in [7, 11) is 0. The van der Waals surface area contributed by atoms with Gasteiger partial charge < -0.3 is 10.2 Å². The van der Waals surface area contributed by atoms with Gasteiger partial charge in [0.15, 0.2) is 0 Å². The number of aromatic nitrogens is 2. The number of carbonyl (C=O) groups excluding carboxylic acids is 1. The summed E-state index contributed by atoms with van der Waals surface area (Å²) in [6, 6.07) is 19.8. The van der Waals surface area contributed by atoms with Crippen LogP contribution >= 0.6 is 11.6 Å². The first-order valence-electron chi connectivity index (χ1n) is 9.76. The molecule has 0 atom stereocenters. The summed E-state index contributed by atoms with van der Waals surface area (Å²) < 4.78 is 1.81. The van der Waals surface area contributed by atoms with Crippen LogP contribution in [0.2, 0.25) is 5.02 Å². The van der Waals surface area contributed by atoms with Crippen LogP contribution in [0.4, 0.5) is 11.5 Å². The second-order valence-corrected chi connectivity index (χ2v) is 7.58. The molecular formula is C22H24ClN5O. The van der Waals surface area contributed by atoms with Crippen molar-refractivity contribution in [1.82, 2.24) is 14.7 Å². The lowest BCUT2D eigenvalue weighted by Crippen LogP contribution is -2.48. The maximum absolute atomic E-state index is 12.6. The van der Waals surface area contributed by atoms with Crippen molar-refractivity contribution in [3.63, 3.8) is 0 Å². The number of carbonyl (C=O) groups is 1. The molecule has 1 aliphatic heterocycles. The number of anilines is 2. The summed E-state index contributed by atoms with van der Waals surface area (Å²) in [5.41, 5.74) is 2.31. The molecule has 0 spiro atoms. The second-order valence-electron chi connectivity index (χ2n) is 7.15. The zero-order valence-electron chi connectivity index (χ0n) is 16.2. The van der Waals surface area contributed by atoms with E-state index in [-0.39, 0.29) is 5.91 Å². The van der Waals surface area contributed by atoms with Gasteiger partial charge in [0.05, 0.1) is 19.3 Å². The molecule has 2 aromatic carbocycles. The summed E-state index contributed by atoms with van der Waals surface area (Å²) >= 11 is 5.97. The minimum absolute atomic E-state index is 0.0141. The quantitative estimate of drug-likeness (QED) is 0.678. The minimum Gasteiger partial charge on any atom is -0.369 e. The number of piperazine rings is 1. The highest BCUT2D eigenvalue weighted by atomic mass is 35.5. The minimum atomic E-state index is -0.0141. The fourth-order valence-corrected chi connectivity index (χ4v) is 3.65. The number of rotatable bonds is 6. The van der Waals surface area contributed by atoms with Crippen molar-refractivity contribution in [3.8, 4) is 0 Å². The molecule has 3 aromatic rings. The van der Waals surface area contributed by atoms with Crippen molar-refractivity contribution in [2.24, 2.45) is 0 Å². The average Bonchev–Trinajstić information content (AvgIpc) is 3.16. The van der Waals surface area contributed by atoms with Crippen molar-refractivity contribution in [2.45, 2.75) is 6.54 Å². The largest absolute Gasteiger partial charge is 0.369 e. The number of nitrogens with zero attached hydrogens (tertiary/aromatic N) is 4. The van der Waals surface area contributed by atoms with Gasteiger partial charge in [0.2, 0.25) is 5.91 Å². The molecule has 0 bridgehead atoms. The van der Waals surface area contributed by atoms with E-state index in [0.29, 0.717) is 13.1 Å². The Bertz CT molecular complexity index is 933. The normalized spacial score (nSPS) is 14.7. The first-order chi connectivity index (χ1) is 14.2. The van der Waals surface area contributed by atoms with Gasteiger partial charge in [0, 0.05) is 43.0 Å². The van der Waals surface area contributed by atoms with E-state index >= 15 is 0 Å². The molecule has 29 heavy (non-hydrogen) atoms. The Morgan fingerprint density at radius 3 is 2.41 bits per heavy atom. The van der Waals surface area contributed by atoms with Crippen LogP contribution in [-0.2, 0) is 11.3 Å². The van der Waals surface area contributed by atoms with E-state index < -0.39 is 0 Å². The Balaban J connectivity index is 1.28. The van der Waals surface area contributed by atoms with Crippen molar-refractivity contribution in [2.75, 3.05) is 42.9 Å². The van der Waals surface area contributed by atoms with Crippen LogP contribution in [-0.4, -0.2) is 53.3 Å². The zero-order valence-corrected chi connectivity index (χ0v) is 16.9. The first kappa shape index (κ1) is 19.5. The van der Waals surface area contributed by atoms with Crippen LogP contribution in [0.3, 0.4) is 0 Å². The molecule has 1 amide bonds. The van der Waals surface area contributed by atoms with Gasteiger partial charge in [-0.2, -0.15) is 5.10 Å². The van der Waals surface area contributed by atoms with Gasteiger partial charge in [-0.05, 0) is 29.8 Å². The molecule has 1 aromatic heterocycles. The molecule has 4 rings (SSSR count). The van der Waals surface area contributed by atoms with Crippen molar-refractivity contribution < 1.29 is 4.79 Å². The van der Waals surface area contributed by atoms with Crippen molar-refractivity contribution in [1.29, 1.82) is 0 Å². The molecule has 0 radical (unpaired) electrons. The number of halogens is 1. The van der Waals surface area contributed by atoms with Crippen LogP contribution in [0.1, 0.15) is 5.56 Å². The number of hydrogen-bond donors (Lipinski definition) is 1. The van der Waals surface area contributed by atoms with Gasteiger partial charge >= 0.3 is 0 Å². The zero-order chi connectivity index (χ0) is 20.1. The predicted molar refractivity (Wildman–Crippen MR) is 117 cm³/mol. The average molecular weight is 410 g/mol. The number of amides is 1. The summed E-state index contributed by atoms with van der Waals surface area (Å²) in [5.74, 6) is 0.707. The molecule has 1 aliphatic rings. The van der Waals surface area contributed by atoms with Crippen molar-refractivity contribution >= 4 is 29.0 Å². The van der Waals surface area contributed by atoms with Gasteiger partial charge in [0.1, 0.15) is 5.82 Å². The van der Waals surface area contributed by atoms with E-state index in [4.69, 9.17) is 11.6 Å². The molecule has 0 aliphatic carbocycles. The molecular weight excluding hydrogens is 386 g/mol. The molecule has 1 saturated heterocycles. The maximum atomic E-state index is 12.6. The lowest BCUT2D eigenvalue weighted by atomic mass is 10.2. The summed E-state index contributed by atoms with van der Waals surface area (Å²) in [5, 5.41) is 8.08. The summed E-state index contributed by atoms with van der Waals surface area (Å²) in [6.07, 6.45) is 1.71. The molecule has 150 valence electrons. The Labute approximate surface area is 175 Å². The van der Waals surface area contributed by atoms with Gasteiger partial charge in [-0.3, -0.25) is 9.69 Å². The maximum Gasteiger partial charge on any atom is 0.239 e. The van der Waals surface area contributed by atoms with E-state index in [1.54, 1.807) is 6.20 Å². The molecule has 1 fully saturated rings. The fraction of sp³-hybridized carbons (Fsp3) is 0.273. The third-order valence-electron chi connectivity index (χ3n) is 5.09. The highest BCUT2D eigenvalue weighted by Gasteiger charge is 2.19. The highest BCUT2D eigenvalue weighted by Crippen LogP contribution is 2.19. The third-order valence-corrected chi connectivity index (χ3v) is 5.34. The molecule has 7 heteroatoms. The van der Waals surface area contributed by atoms with Crippen molar-refractivity contribution in [3.05, 3.63) is 77.4 Å². The second kappa shape index (κ2) is 9.11. The van der Waals surface area contributed by atoms with Gasteiger partial charge in [-0.1, -0.05) is 41.9 Å². The van der Waals surface area contributed by atoms with Gasteiger partial charge in [-0.15, -0.1) is 0 Å². The molecule has 6 nitrogen and oxygen atoms in total. The number of benzene rings is 2. The predicted octanol–water partition coefficient (Wildman–Crippen LogP) is 3.35. The SMILES string of the molecule is O=C(CN1CCN(c2ccc(Cl)cc2)CC1)Nc1ccnn1Cc1ccccc1. The molecule has 1 N–H and O–H groups in total. The van der Waals surface area contributed by atoms with E-state index in [2.05, 4.69) is 20.2 Å². The van der Waals surface area contributed by atoms with E-state index in [0.717, 1.165) is 42.6 Å². The third kappa shape index (κ3) is 5.16. The Hall–Kier alpha value is -2.83.